The molecule has 1 aliphatic heterocycles. The molecule has 3 rings (SSSR count). The molecular formula is C15H15NO4S. The van der Waals surface area contributed by atoms with Crippen LogP contribution in [-0.2, 0) is 4.79 Å². The average molecular weight is 305 g/mol. The number of aliphatic hydroxyl groups is 1. The summed E-state index contributed by atoms with van der Waals surface area (Å²) in [7, 11) is 0. The number of benzene rings is 1. The summed E-state index contributed by atoms with van der Waals surface area (Å²) in [4.78, 5) is 25.7. The van der Waals surface area contributed by atoms with Crippen molar-refractivity contribution in [3.63, 3.8) is 0 Å². The van der Waals surface area contributed by atoms with Crippen molar-refractivity contribution < 1.29 is 19.8 Å². The zero-order valence-corrected chi connectivity index (χ0v) is 12.3. The monoisotopic (exact) mass is 305 g/mol. The summed E-state index contributed by atoms with van der Waals surface area (Å²) in [5, 5.41) is 19.9. The number of fused-ring (bicyclic) bond motifs is 1. The molecule has 1 aliphatic rings. The second-order valence-corrected chi connectivity index (χ2v) is 6.31. The van der Waals surface area contributed by atoms with Crippen molar-refractivity contribution in [2.45, 2.75) is 25.5 Å². The SMILES string of the molecule is Cc1c(C(=O)N2CC(O)C[C@H]2C(=O)O)sc2ccccc12. The van der Waals surface area contributed by atoms with Crippen LogP contribution in [0.1, 0.15) is 21.7 Å². The van der Waals surface area contributed by atoms with E-state index < -0.39 is 18.1 Å². The molecule has 0 bridgehead atoms. The van der Waals surface area contributed by atoms with Gasteiger partial charge in [0, 0.05) is 17.7 Å². The predicted octanol–water partition coefficient (Wildman–Crippen LogP) is 1.87. The second-order valence-electron chi connectivity index (χ2n) is 5.25. The minimum Gasteiger partial charge on any atom is -0.480 e. The molecule has 1 unspecified atom stereocenters. The van der Waals surface area contributed by atoms with Crippen LogP contribution in [0.15, 0.2) is 24.3 Å². The lowest BCUT2D eigenvalue weighted by atomic mass is 10.1. The van der Waals surface area contributed by atoms with Gasteiger partial charge in [0.15, 0.2) is 0 Å². The summed E-state index contributed by atoms with van der Waals surface area (Å²) in [6.07, 6.45) is -0.685. The number of aryl methyl sites for hydroxylation is 1. The van der Waals surface area contributed by atoms with Crippen molar-refractivity contribution in [3.05, 3.63) is 34.7 Å². The maximum Gasteiger partial charge on any atom is 0.326 e. The maximum absolute atomic E-state index is 12.7. The van der Waals surface area contributed by atoms with Crippen molar-refractivity contribution in [2.75, 3.05) is 6.54 Å². The average Bonchev–Trinajstić information content (AvgIpc) is 3.00. The molecule has 1 amide bonds. The molecular weight excluding hydrogens is 290 g/mol. The first-order valence-corrected chi connectivity index (χ1v) is 7.50. The lowest BCUT2D eigenvalue weighted by molar-refractivity contribution is -0.141. The summed E-state index contributed by atoms with van der Waals surface area (Å²) in [5.74, 6) is -1.38. The zero-order chi connectivity index (χ0) is 15.1. The molecule has 1 aromatic heterocycles. The number of nitrogens with zero attached hydrogens (tertiary/aromatic N) is 1. The number of hydrogen-bond donors (Lipinski definition) is 2. The van der Waals surface area contributed by atoms with E-state index in [0.717, 1.165) is 15.6 Å². The van der Waals surface area contributed by atoms with Crippen LogP contribution in [0.4, 0.5) is 0 Å². The number of hydrogen-bond acceptors (Lipinski definition) is 4. The van der Waals surface area contributed by atoms with E-state index in [0.29, 0.717) is 4.88 Å². The number of carbonyl (C=O) groups is 2. The lowest BCUT2D eigenvalue weighted by Crippen LogP contribution is -2.40. The Morgan fingerprint density at radius 2 is 2.05 bits per heavy atom. The number of carboxylic acid groups (broad SMARTS) is 1. The van der Waals surface area contributed by atoms with Gasteiger partial charge in [-0.2, -0.15) is 0 Å². The normalized spacial score (nSPS) is 21.9. The van der Waals surface area contributed by atoms with Gasteiger partial charge in [0.25, 0.3) is 5.91 Å². The molecule has 110 valence electrons. The topological polar surface area (TPSA) is 77.8 Å². The van der Waals surface area contributed by atoms with Gasteiger partial charge < -0.3 is 15.1 Å². The molecule has 2 heterocycles. The number of thiophene rings is 1. The molecule has 21 heavy (non-hydrogen) atoms. The Bertz CT molecular complexity index is 724. The molecule has 0 aliphatic carbocycles. The van der Waals surface area contributed by atoms with Gasteiger partial charge in [-0.1, -0.05) is 18.2 Å². The molecule has 2 N–H and O–H groups in total. The standard InChI is InChI=1S/C15H15NO4S/c1-8-10-4-2-3-5-12(10)21-13(8)14(18)16-7-9(17)6-11(16)15(19)20/h2-5,9,11,17H,6-7H2,1H3,(H,19,20)/t9?,11-/m0/s1. The third-order valence-electron chi connectivity index (χ3n) is 3.86. The number of β-amino-alcohol motifs (C(OH)–C–C–N with tert-alkyl or cyclic N) is 1. The molecule has 0 saturated carbocycles. The number of rotatable bonds is 2. The van der Waals surface area contributed by atoms with E-state index in [2.05, 4.69) is 0 Å². The van der Waals surface area contributed by atoms with Crippen LogP contribution >= 0.6 is 11.3 Å². The number of likely N-dealkylation sites (tertiary alicyclic amines) is 1. The third-order valence-corrected chi connectivity index (χ3v) is 5.12. The van der Waals surface area contributed by atoms with E-state index in [1.165, 1.54) is 16.2 Å². The first kappa shape index (κ1) is 14.0. The van der Waals surface area contributed by atoms with Crippen LogP contribution < -0.4 is 0 Å². The van der Waals surface area contributed by atoms with Crippen molar-refractivity contribution in [2.24, 2.45) is 0 Å². The van der Waals surface area contributed by atoms with Crippen LogP contribution in [0.2, 0.25) is 0 Å². The summed E-state index contributed by atoms with van der Waals surface area (Å²) in [6, 6.07) is 6.77. The molecule has 1 saturated heterocycles. The number of aliphatic carboxylic acids is 1. The molecule has 2 atom stereocenters. The van der Waals surface area contributed by atoms with Gasteiger partial charge in [-0.25, -0.2) is 4.79 Å². The smallest absolute Gasteiger partial charge is 0.326 e. The summed E-state index contributed by atoms with van der Waals surface area (Å²) in [6.45, 7) is 1.94. The summed E-state index contributed by atoms with van der Waals surface area (Å²) >= 11 is 1.37. The molecule has 0 radical (unpaired) electrons. The van der Waals surface area contributed by atoms with Crippen LogP contribution in [0.25, 0.3) is 10.1 Å². The maximum atomic E-state index is 12.7. The van der Waals surface area contributed by atoms with E-state index in [-0.39, 0.29) is 18.9 Å². The van der Waals surface area contributed by atoms with E-state index in [1.54, 1.807) is 0 Å². The van der Waals surface area contributed by atoms with Crippen molar-refractivity contribution in [1.29, 1.82) is 0 Å². The van der Waals surface area contributed by atoms with Gasteiger partial charge in [-0.15, -0.1) is 11.3 Å². The molecule has 1 aromatic carbocycles. The number of aliphatic hydroxyl groups excluding tert-OH is 1. The Labute approximate surface area is 125 Å². The zero-order valence-electron chi connectivity index (χ0n) is 11.4. The molecule has 5 nitrogen and oxygen atoms in total. The van der Waals surface area contributed by atoms with E-state index in [1.807, 2.05) is 31.2 Å². The highest BCUT2D eigenvalue weighted by Crippen LogP contribution is 2.33. The van der Waals surface area contributed by atoms with Gasteiger partial charge in [0.1, 0.15) is 6.04 Å². The minimum atomic E-state index is -1.07. The number of amides is 1. The van der Waals surface area contributed by atoms with E-state index >= 15 is 0 Å². The van der Waals surface area contributed by atoms with E-state index in [9.17, 15) is 19.8 Å². The molecule has 1 fully saturated rings. The first-order chi connectivity index (χ1) is 9.99. The van der Waals surface area contributed by atoms with Crippen LogP contribution in [0.3, 0.4) is 0 Å². The fraction of sp³-hybridized carbons (Fsp3) is 0.333. The van der Waals surface area contributed by atoms with Gasteiger partial charge in [-0.05, 0) is 23.9 Å². The first-order valence-electron chi connectivity index (χ1n) is 6.69. The fourth-order valence-electron chi connectivity index (χ4n) is 2.78. The van der Waals surface area contributed by atoms with Crippen molar-refractivity contribution >= 4 is 33.3 Å². The highest BCUT2D eigenvalue weighted by molar-refractivity contribution is 7.21. The summed E-state index contributed by atoms with van der Waals surface area (Å²) < 4.78 is 1.00. The highest BCUT2D eigenvalue weighted by atomic mass is 32.1. The molecule has 0 spiro atoms. The largest absolute Gasteiger partial charge is 0.480 e. The number of carbonyl (C=O) groups excluding carboxylic acids is 1. The van der Waals surface area contributed by atoms with Crippen molar-refractivity contribution in [1.82, 2.24) is 4.90 Å². The molecule has 6 heteroatoms. The van der Waals surface area contributed by atoms with E-state index in [4.69, 9.17) is 0 Å². The molecule has 2 aromatic rings. The Hall–Kier alpha value is -1.92. The van der Waals surface area contributed by atoms with Crippen LogP contribution in [0.5, 0.6) is 0 Å². The van der Waals surface area contributed by atoms with Gasteiger partial charge in [0.05, 0.1) is 11.0 Å². The fourth-order valence-corrected chi connectivity index (χ4v) is 3.95. The third kappa shape index (κ3) is 2.30. The number of carboxylic acids is 1. The Balaban J connectivity index is 2.00. The lowest BCUT2D eigenvalue weighted by Gasteiger charge is -2.20. The second kappa shape index (κ2) is 5.13. The van der Waals surface area contributed by atoms with Gasteiger partial charge in [0.2, 0.25) is 0 Å². The minimum absolute atomic E-state index is 0.0729. The highest BCUT2D eigenvalue weighted by Gasteiger charge is 2.40. The Morgan fingerprint density at radius 3 is 2.71 bits per heavy atom. The van der Waals surface area contributed by atoms with Gasteiger partial charge >= 0.3 is 5.97 Å². The summed E-state index contributed by atoms with van der Waals surface area (Å²) in [5.41, 5.74) is 0.867. The van der Waals surface area contributed by atoms with Crippen molar-refractivity contribution in [3.8, 4) is 0 Å². The van der Waals surface area contributed by atoms with Gasteiger partial charge in [-0.3, -0.25) is 4.79 Å². The Kier molecular flexibility index (Phi) is 3.43. The quantitative estimate of drug-likeness (QED) is 0.888. The predicted molar refractivity (Wildman–Crippen MR) is 79.6 cm³/mol. The van der Waals surface area contributed by atoms with Crippen LogP contribution in [0, 0.1) is 6.92 Å². The van der Waals surface area contributed by atoms with Crippen LogP contribution in [-0.4, -0.2) is 45.7 Å². The Morgan fingerprint density at radius 1 is 1.33 bits per heavy atom.